The summed E-state index contributed by atoms with van der Waals surface area (Å²) in [6.45, 7) is 0. The van der Waals surface area contributed by atoms with Crippen LogP contribution in [-0.4, -0.2) is 17.3 Å². The zero-order valence-electron chi connectivity index (χ0n) is 13.1. The molecule has 1 heterocycles. The van der Waals surface area contributed by atoms with E-state index in [1.807, 2.05) is 36.4 Å². The van der Waals surface area contributed by atoms with Gasteiger partial charge in [0.15, 0.2) is 0 Å². The molecular weight excluding hydrogens is 322 g/mol. The Bertz CT molecular complexity index is 836. The van der Waals surface area contributed by atoms with Crippen LogP contribution in [0.1, 0.15) is 22.6 Å². The van der Waals surface area contributed by atoms with E-state index >= 15 is 0 Å². The van der Waals surface area contributed by atoms with Crippen molar-refractivity contribution < 1.29 is 9.15 Å². The minimum absolute atomic E-state index is 0.544. The number of rotatable bonds is 6. The van der Waals surface area contributed by atoms with Crippen LogP contribution in [0.15, 0.2) is 58.2 Å². The van der Waals surface area contributed by atoms with Gasteiger partial charge in [0.05, 0.1) is 25.2 Å². The number of hydrogen-bond donors (Lipinski definition) is 0. The quantitative estimate of drug-likeness (QED) is 0.637. The van der Waals surface area contributed by atoms with E-state index in [1.165, 1.54) is 11.8 Å². The highest BCUT2D eigenvalue weighted by Gasteiger charge is 2.08. The fourth-order valence-corrected chi connectivity index (χ4v) is 2.84. The molecule has 0 aliphatic carbocycles. The molecule has 5 nitrogen and oxygen atoms in total. The summed E-state index contributed by atoms with van der Waals surface area (Å²) in [5, 5.41) is 17.5. The second-order valence-electron chi connectivity index (χ2n) is 5.08. The molecule has 24 heavy (non-hydrogen) atoms. The van der Waals surface area contributed by atoms with Crippen molar-refractivity contribution in [2.45, 2.75) is 17.4 Å². The number of benzene rings is 2. The predicted molar refractivity (Wildman–Crippen MR) is 90.8 cm³/mol. The number of thioether (sulfide) groups is 1. The van der Waals surface area contributed by atoms with Crippen molar-refractivity contribution in [2.24, 2.45) is 0 Å². The van der Waals surface area contributed by atoms with Crippen LogP contribution in [0.25, 0.3) is 0 Å². The molecule has 0 radical (unpaired) electrons. The molecule has 0 N–H and O–H groups in total. The zero-order chi connectivity index (χ0) is 16.8. The van der Waals surface area contributed by atoms with Crippen LogP contribution in [0, 0.1) is 11.3 Å². The number of ether oxygens (including phenoxy) is 1. The first-order valence-electron chi connectivity index (χ1n) is 7.34. The van der Waals surface area contributed by atoms with Gasteiger partial charge < -0.3 is 9.15 Å². The van der Waals surface area contributed by atoms with Crippen LogP contribution in [0.2, 0.25) is 0 Å². The predicted octanol–water partition coefficient (Wildman–Crippen LogP) is 3.83. The minimum atomic E-state index is 0.544. The maximum Gasteiger partial charge on any atom is 0.276 e. The molecule has 0 unspecified atom stereocenters. The topological polar surface area (TPSA) is 71.9 Å². The fraction of sp³-hybridized carbons (Fsp3) is 0.167. The fourth-order valence-electron chi connectivity index (χ4n) is 2.11. The minimum Gasteiger partial charge on any atom is -0.497 e. The third-order valence-electron chi connectivity index (χ3n) is 3.41. The Morgan fingerprint density at radius 1 is 1.04 bits per heavy atom. The molecule has 0 bridgehead atoms. The molecule has 3 rings (SSSR count). The number of aromatic nitrogens is 2. The molecule has 0 amide bonds. The van der Waals surface area contributed by atoms with Gasteiger partial charge in [0.1, 0.15) is 5.75 Å². The van der Waals surface area contributed by atoms with Crippen molar-refractivity contribution in [3.05, 3.63) is 71.1 Å². The van der Waals surface area contributed by atoms with E-state index in [0.29, 0.717) is 23.1 Å². The molecule has 2 aromatic carbocycles. The summed E-state index contributed by atoms with van der Waals surface area (Å²) in [5.41, 5.74) is 2.85. The highest BCUT2D eigenvalue weighted by atomic mass is 32.2. The molecule has 0 fully saturated rings. The Labute approximate surface area is 144 Å². The van der Waals surface area contributed by atoms with Crippen LogP contribution >= 0.6 is 11.8 Å². The van der Waals surface area contributed by atoms with Gasteiger partial charge in [-0.25, -0.2) is 0 Å². The number of nitrogens with zero attached hydrogens (tertiary/aromatic N) is 3. The standard InChI is InChI=1S/C18H15N3O2S/c1-22-16-8-6-13(7-9-16)10-17-20-21-18(23-17)24-12-15-4-2-14(11-19)3-5-15/h2-9H,10,12H2,1H3. The van der Waals surface area contributed by atoms with E-state index in [9.17, 15) is 0 Å². The van der Waals surface area contributed by atoms with Crippen molar-refractivity contribution >= 4 is 11.8 Å². The van der Waals surface area contributed by atoms with Crippen LogP contribution in [0.3, 0.4) is 0 Å². The van der Waals surface area contributed by atoms with E-state index in [-0.39, 0.29) is 0 Å². The molecule has 0 aliphatic heterocycles. The van der Waals surface area contributed by atoms with Gasteiger partial charge in [0.25, 0.3) is 5.22 Å². The summed E-state index contributed by atoms with van der Waals surface area (Å²) in [4.78, 5) is 0. The smallest absolute Gasteiger partial charge is 0.276 e. The van der Waals surface area contributed by atoms with Gasteiger partial charge in [0, 0.05) is 5.75 Å². The van der Waals surface area contributed by atoms with Gasteiger partial charge in [-0.2, -0.15) is 5.26 Å². The normalized spacial score (nSPS) is 10.3. The first-order chi connectivity index (χ1) is 11.8. The van der Waals surface area contributed by atoms with Crippen molar-refractivity contribution in [3.63, 3.8) is 0 Å². The first kappa shape index (κ1) is 16.1. The number of nitriles is 1. The highest BCUT2D eigenvalue weighted by Crippen LogP contribution is 2.23. The van der Waals surface area contributed by atoms with Gasteiger partial charge in [-0.15, -0.1) is 10.2 Å². The van der Waals surface area contributed by atoms with Crippen molar-refractivity contribution in [3.8, 4) is 11.8 Å². The van der Waals surface area contributed by atoms with E-state index in [4.69, 9.17) is 14.4 Å². The Morgan fingerprint density at radius 2 is 1.75 bits per heavy atom. The van der Waals surface area contributed by atoms with Gasteiger partial charge in [-0.05, 0) is 35.4 Å². The van der Waals surface area contributed by atoms with Gasteiger partial charge >= 0.3 is 0 Å². The van der Waals surface area contributed by atoms with Crippen molar-refractivity contribution in [2.75, 3.05) is 7.11 Å². The maximum absolute atomic E-state index is 8.79. The van der Waals surface area contributed by atoms with E-state index in [2.05, 4.69) is 16.3 Å². The van der Waals surface area contributed by atoms with Crippen molar-refractivity contribution in [1.82, 2.24) is 10.2 Å². The van der Waals surface area contributed by atoms with Crippen LogP contribution in [0.4, 0.5) is 0 Å². The lowest BCUT2D eigenvalue weighted by molar-refractivity contribution is 0.413. The molecule has 6 heteroatoms. The highest BCUT2D eigenvalue weighted by molar-refractivity contribution is 7.98. The number of hydrogen-bond acceptors (Lipinski definition) is 6. The number of methoxy groups -OCH3 is 1. The Kier molecular flexibility index (Phi) is 5.14. The maximum atomic E-state index is 8.79. The summed E-state index contributed by atoms with van der Waals surface area (Å²) >= 11 is 1.48. The molecule has 1 aromatic heterocycles. The second-order valence-corrected chi connectivity index (χ2v) is 6.01. The van der Waals surface area contributed by atoms with Crippen LogP contribution in [-0.2, 0) is 12.2 Å². The monoisotopic (exact) mass is 337 g/mol. The molecule has 120 valence electrons. The van der Waals surface area contributed by atoms with E-state index in [1.54, 1.807) is 19.2 Å². The summed E-state index contributed by atoms with van der Waals surface area (Å²) in [7, 11) is 1.64. The first-order valence-corrected chi connectivity index (χ1v) is 8.32. The molecule has 3 aromatic rings. The van der Waals surface area contributed by atoms with E-state index < -0.39 is 0 Å². The average Bonchev–Trinajstić information content (AvgIpc) is 3.08. The molecular formula is C18H15N3O2S. The van der Waals surface area contributed by atoms with Gasteiger partial charge in [0.2, 0.25) is 5.89 Å². The van der Waals surface area contributed by atoms with Gasteiger partial charge in [-0.1, -0.05) is 36.0 Å². The molecule has 0 saturated heterocycles. The van der Waals surface area contributed by atoms with Gasteiger partial charge in [-0.3, -0.25) is 0 Å². The lowest BCUT2D eigenvalue weighted by atomic mass is 10.1. The van der Waals surface area contributed by atoms with Crippen molar-refractivity contribution in [1.29, 1.82) is 5.26 Å². The molecule has 0 spiro atoms. The average molecular weight is 337 g/mol. The molecule has 0 atom stereocenters. The lowest BCUT2D eigenvalue weighted by Crippen LogP contribution is -1.89. The third kappa shape index (κ3) is 4.15. The summed E-state index contributed by atoms with van der Waals surface area (Å²) in [6, 6.07) is 17.4. The Balaban J connectivity index is 1.57. The lowest BCUT2D eigenvalue weighted by Gasteiger charge is -2.00. The van der Waals surface area contributed by atoms with Crippen LogP contribution in [0.5, 0.6) is 5.75 Å². The summed E-state index contributed by atoms with van der Waals surface area (Å²) in [6.07, 6.45) is 0.592. The molecule has 0 saturated carbocycles. The van der Waals surface area contributed by atoms with E-state index in [0.717, 1.165) is 22.6 Å². The SMILES string of the molecule is COc1ccc(Cc2nnc(SCc3ccc(C#N)cc3)o2)cc1. The Morgan fingerprint density at radius 3 is 2.42 bits per heavy atom. The zero-order valence-corrected chi connectivity index (χ0v) is 13.9. The summed E-state index contributed by atoms with van der Waals surface area (Å²) < 4.78 is 10.8. The molecule has 0 aliphatic rings. The Hall–Kier alpha value is -2.78. The summed E-state index contributed by atoms with van der Waals surface area (Å²) in [5.74, 6) is 2.13. The van der Waals surface area contributed by atoms with Crippen LogP contribution < -0.4 is 4.74 Å². The second kappa shape index (κ2) is 7.66. The largest absolute Gasteiger partial charge is 0.497 e. The third-order valence-corrected chi connectivity index (χ3v) is 4.30.